The van der Waals surface area contributed by atoms with Crippen molar-refractivity contribution < 1.29 is 22.7 Å². The standard InChI is InChI=1S/C18H20N2O5S2/c1-12-4-7-17(26-12)27(22,23)20-8-2-3-13(10-20)18(21)19-14-5-6-15-16(9-14)25-11-24-15/h4-7,9,13H,2-3,8,10-11H2,1H3,(H,19,21). The van der Waals surface area contributed by atoms with E-state index in [-0.39, 0.29) is 25.2 Å². The average molecular weight is 409 g/mol. The zero-order valence-electron chi connectivity index (χ0n) is 14.8. The molecule has 1 fully saturated rings. The average Bonchev–Trinajstić information content (AvgIpc) is 3.30. The number of nitrogens with zero attached hydrogens (tertiary/aromatic N) is 1. The molecule has 2 aromatic rings. The Bertz CT molecular complexity index is 970. The minimum Gasteiger partial charge on any atom is -0.454 e. The Kier molecular flexibility index (Phi) is 4.83. The quantitative estimate of drug-likeness (QED) is 0.841. The third-order valence-electron chi connectivity index (χ3n) is 4.70. The molecule has 1 atom stereocenters. The molecule has 144 valence electrons. The molecule has 2 aliphatic rings. The molecule has 7 nitrogen and oxygen atoms in total. The van der Waals surface area contributed by atoms with Crippen LogP contribution >= 0.6 is 11.3 Å². The van der Waals surface area contributed by atoms with Crippen molar-refractivity contribution in [2.45, 2.75) is 24.0 Å². The molecule has 3 heterocycles. The van der Waals surface area contributed by atoms with E-state index in [4.69, 9.17) is 9.47 Å². The molecule has 1 N–H and O–H groups in total. The molecule has 1 amide bonds. The molecule has 9 heteroatoms. The Hall–Kier alpha value is -2.10. The molecule has 27 heavy (non-hydrogen) atoms. The lowest BCUT2D eigenvalue weighted by Crippen LogP contribution is -2.43. The Morgan fingerprint density at radius 2 is 2.04 bits per heavy atom. The van der Waals surface area contributed by atoms with Crippen LogP contribution in [0, 0.1) is 12.8 Å². The minimum atomic E-state index is -3.55. The van der Waals surface area contributed by atoms with Gasteiger partial charge < -0.3 is 14.8 Å². The lowest BCUT2D eigenvalue weighted by molar-refractivity contribution is -0.120. The van der Waals surface area contributed by atoms with Crippen LogP contribution in [0.4, 0.5) is 5.69 Å². The number of anilines is 1. The van der Waals surface area contributed by atoms with E-state index >= 15 is 0 Å². The third-order valence-corrected chi connectivity index (χ3v) is 8.04. The normalized spacial score (nSPS) is 19.8. The molecule has 1 aromatic carbocycles. The summed E-state index contributed by atoms with van der Waals surface area (Å²) in [6.07, 6.45) is 1.31. The summed E-state index contributed by atoms with van der Waals surface area (Å²) in [5.74, 6) is 0.666. The summed E-state index contributed by atoms with van der Waals surface area (Å²) in [5, 5.41) is 2.86. The highest BCUT2D eigenvalue weighted by Gasteiger charge is 2.34. The van der Waals surface area contributed by atoms with Crippen LogP contribution in [0.1, 0.15) is 17.7 Å². The fraction of sp³-hybridized carbons (Fsp3) is 0.389. The molecule has 0 bridgehead atoms. The first-order chi connectivity index (χ1) is 12.9. The number of hydrogen-bond acceptors (Lipinski definition) is 6. The number of piperidine rings is 1. The zero-order chi connectivity index (χ0) is 19.0. The van der Waals surface area contributed by atoms with Crippen molar-refractivity contribution >= 4 is 33.0 Å². The van der Waals surface area contributed by atoms with Crippen molar-refractivity contribution in [2.75, 3.05) is 25.2 Å². The number of thiophene rings is 1. The van der Waals surface area contributed by atoms with Gasteiger partial charge in [-0.15, -0.1) is 11.3 Å². The first kappa shape index (κ1) is 18.3. The number of amides is 1. The van der Waals surface area contributed by atoms with Gasteiger partial charge in [0.05, 0.1) is 5.92 Å². The smallest absolute Gasteiger partial charge is 0.252 e. The van der Waals surface area contributed by atoms with Crippen LogP contribution in [0.5, 0.6) is 11.5 Å². The topological polar surface area (TPSA) is 84.9 Å². The first-order valence-corrected chi connectivity index (χ1v) is 11.0. The molecule has 2 aliphatic heterocycles. The van der Waals surface area contributed by atoms with Gasteiger partial charge in [0.25, 0.3) is 10.0 Å². The molecule has 0 aliphatic carbocycles. The largest absolute Gasteiger partial charge is 0.454 e. The Labute approximate surface area is 161 Å². The van der Waals surface area contributed by atoms with Gasteiger partial charge in [0.2, 0.25) is 12.7 Å². The van der Waals surface area contributed by atoms with Crippen molar-refractivity contribution in [1.82, 2.24) is 4.31 Å². The van der Waals surface area contributed by atoms with E-state index in [0.29, 0.717) is 40.8 Å². The fourth-order valence-corrected chi connectivity index (χ4v) is 6.23. The molecule has 0 radical (unpaired) electrons. The second kappa shape index (κ2) is 7.14. The molecular weight excluding hydrogens is 388 g/mol. The Morgan fingerprint density at radius 1 is 1.22 bits per heavy atom. The van der Waals surface area contributed by atoms with Crippen molar-refractivity contribution in [1.29, 1.82) is 0 Å². The second-order valence-electron chi connectivity index (χ2n) is 6.62. The maximum absolute atomic E-state index is 12.8. The van der Waals surface area contributed by atoms with Gasteiger partial charge >= 0.3 is 0 Å². The molecule has 1 saturated heterocycles. The number of benzene rings is 1. The summed E-state index contributed by atoms with van der Waals surface area (Å²) in [4.78, 5) is 13.6. The zero-order valence-corrected chi connectivity index (χ0v) is 16.4. The predicted molar refractivity (Wildman–Crippen MR) is 102 cm³/mol. The SMILES string of the molecule is Cc1ccc(S(=O)(=O)N2CCCC(C(=O)Nc3ccc4c(c3)OCO4)C2)s1. The molecule has 4 rings (SSSR count). The summed E-state index contributed by atoms with van der Waals surface area (Å²) in [5.41, 5.74) is 0.609. The summed E-state index contributed by atoms with van der Waals surface area (Å²) in [6, 6.07) is 8.63. The monoisotopic (exact) mass is 408 g/mol. The fourth-order valence-electron chi connectivity index (χ4n) is 3.27. The van der Waals surface area contributed by atoms with E-state index in [1.165, 1.54) is 15.6 Å². The highest BCUT2D eigenvalue weighted by atomic mass is 32.2. The number of ether oxygens (including phenoxy) is 2. The predicted octanol–water partition coefficient (Wildman–Crippen LogP) is 2.82. The highest BCUT2D eigenvalue weighted by molar-refractivity contribution is 7.91. The van der Waals surface area contributed by atoms with Gasteiger partial charge in [-0.1, -0.05) is 0 Å². The van der Waals surface area contributed by atoms with E-state index in [2.05, 4.69) is 5.32 Å². The van der Waals surface area contributed by atoms with Gasteiger partial charge in [-0.3, -0.25) is 4.79 Å². The molecule has 1 unspecified atom stereocenters. The molecule has 0 spiro atoms. The molecule has 0 saturated carbocycles. The summed E-state index contributed by atoms with van der Waals surface area (Å²) < 4.78 is 38.0. The molecule has 1 aromatic heterocycles. The van der Waals surface area contributed by atoms with E-state index in [1.807, 2.05) is 6.92 Å². The Balaban J connectivity index is 1.45. The number of nitrogens with one attached hydrogen (secondary N) is 1. The minimum absolute atomic E-state index is 0.171. The van der Waals surface area contributed by atoms with Crippen molar-refractivity contribution in [3.63, 3.8) is 0 Å². The summed E-state index contributed by atoms with van der Waals surface area (Å²) in [6.45, 7) is 2.68. The van der Waals surface area contributed by atoms with Gasteiger partial charge in [0.1, 0.15) is 4.21 Å². The van der Waals surface area contributed by atoms with Gasteiger partial charge in [-0.25, -0.2) is 8.42 Å². The van der Waals surface area contributed by atoms with Crippen LogP contribution in [0.2, 0.25) is 0 Å². The van der Waals surface area contributed by atoms with Crippen LogP contribution in [-0.2, 0) is 14.8 Å². The summed E-state index contributed by atoms with van der Waals surface area (Å²) in [7, 11) is -3.55. The van der Waals surface area contributed by atoms with Gasteiger partial charge in [0.15, 0.2) is 11.5 Å². The van der Waals surface area contributed by atoms with Crippen molar-refractivity contribution in [3.05, 3.63) is 35.2 Å². The lowest BCUT2D eigenvalue weighted by Gasteiger charge is -2.30. The number of hydrogen-bond donors (Lipinski definition) is 1. The van der Waals surface area contributed by atoms with E-state index < -0.39 is 10.0 Å². The summed E-state index contributed by atoms with van der Waals surface area (Å²) >= 11 is 1.26. The van der Waals surface area contributed by atoms with Crippen molar-refractivity contribution in [3.8, 4) is 11.5 Å². The Morgan fingerprint density at radius 3 is 2.81 bits per heavy atom. The second-order valence-corrected chi connectivity index (χ2v) is 10.1. The van der Waals surface area contributed by atoms with Crippen LogP contribution in [0.25, 0.3) is 0 Å². The van der Waals surface area contributed by atoms with Crippen LogP contribution in [0.15, 0.2) is 34.5 Å². The molecular formula is C18H20N2O5S2. The third kappa shape index (κ3) is 3.67. The van der Waals surface area contributed by atoms with Gasteiger partial charge in [-0.05, 0) is 44.0 Å². The maximum atomic E-state index is 12.8. The number of carbonyl (C=O) groups excluding carboxylic acids is 1. The van der Waals surface area contributed by atoms with Gasteiger partial charge in [0, 0.05) is 29.7 Å². The number of carbonyl (C=O) groups is 1. The lowest BCUT2D eigenvalue weighted by atomic mass is 9.98. The van der Waals surface area contributed by atoms with E-state index in [0.717, 1.165) is 4.88 Å². The van der Waals surface area contributed by atoms with Crippen LogP contribution < -0.4 is 14.8 Å². The van der Waals surface area contributed by atoms with E-state index in [1.54, 1.807) is 30.3 Å². The van der Waals surface area contributed by atoms with Gasteiger partial charge in [-0.2, -0.15) is 4.31 Å². The number of aryl methyl sites for hydroxylation is 1. The van der Waals surface area contributed by atoms with Crippen LogP contribution in [0.3, 0.4) is 0 Å². The number of sulfonamides is 1. The van der Waals surface area contributed by atoms with E-state index in [9.17, 15) is 13.2 Å². The number of fused-ring (bicyclic) bond motifs is 1. The number of rotatable bonds is 4. The highest BCUT2D eigenvalue weighted by Crippen LogP contribution is 2.34. The first-order valence-electron chi connectivity index (χ1n) is 8.70. The maximum Gasteiger partial charge on any atom is 0.252 e. The van der Waals surface area contributed by atoms with Crippen molar-refractivity contribution in [2.24, 2.45) is 5.92 Å². The van der Waals surface area contributed by atoms with Crippen LogP contribution in [-0.4, -0.2) is 38.5 Å².